The molecule has 780 valence electrons. The molecule has 12 N–H and O–H groups in total. The van der Waals surface area contributed by atoms with E-state index in [1.165, 1.54) is 14.7 Å². The highest BCUT2D eigenvalue weighted by Gasteiger charge is 2.73. The molecule has 36 nitrogen and oxygen atoms in total. The minimum Gasteiger partial charge on any atom is -0.347 e. The van der Waals surface area contributed by atoms with Crippen LogP contribution in [0.5, 0.6) is 0 Å². The fraction of sp³-hybridized carbons (Fsp3) is 0.848. The van der Waals surface area contributed by atoms with Crippen molar-refractivity contribution < 1.29 is 97.2 Å². The van der Waals surface area contributed by atoms with E-state index in [0.29, 0.717) is 96.7 Å². The number of hydrogen-bond donors (Lipinski definition) is 12. The number of fused-ring (bicyclic) bond motifs is 3. The van der Waals surface area contributed by atoms with Gasteiger partial charge in [-0.2, -0.15) is 0 Å². The van der Waals surface area contributed by atoms with E-state index in [0.717, 1.165) is 134 Å². The molecule has 3 aliphatic heterocycles. The molecule has 12 fully saturated rings. The van der Waals surface area contributed by atoms with Crippen molar-refractivity contribution in [3.8, 4) is 0 Å². The van der Waals surface area contributed by atoms with Gasteiger partial charge in [0.1, 0.15) is 65.8 Å². The minimum atomic E-state index is -3.39. The van der Waals surface area contributed by atoms with Crippen LogP contribution >= 0.6 is 0 Å². The Kier molecular flexibility index (Phi) is 35.3. The second kappa shape index (κ2) is 43.6. The highest BCUT2D eigenvalue weighted by molar-refractivity contribution is 7.91. The SMILES string of the molecule is CCCCC(NC(=O)[C@@H]1C2C(CN1C(=O)[C@@H](NC(=O)NC1(CS(C)(=O)=O)CCCCC1)C(C)(C)C)C2(C)C)C(=O)C(=O)NC1CC1.CCCC[C@@H](NC(=O)[C@@H]1C2C(CN1C(=O)[C@@H](NC(=O)NC1(CS(C)(=O)=O)CCCCC1)C(C)(C)C)C2(C)C)C(=O)C(=O)NC1CC1.CCCC[C@H](NC(=O)[C@@H]1C2C(CN1C(=O)[C@@H](NC(=O)NC1(CS(C)(=O)=O)CCCCC1)C(C)(C)C)C2(C)C)C(=O)C(=O)NC1CC1. The van der Waals surface area contributed by atoms with Crippen LogP contribution in [-0.2, 0) is 87.0 Å². The molecule has 0 spiro atoms. The molecule has 138 heavy (non-hydrogen) atoms. The van der Waals surface area contributed by atoms with Gasteiger partial charge in [0, 0.05) is 56.5 Å². The number of sulfone groups is 3. The molecular weight excluding hydrogens is 1830 g/mol. The summed E-state index contributed by atoms with van der Waals surface area (Å²) in [6.45, 7) is 35.7. The van der Waals surface area contributed by atoms with Crippen LogP contribution in [0.3, 0.4) is 0 Å². The summed E-state index contributed by atoms with van der Waals surface area (Å²) in [5, 5.41) is 34.1. The van der Waals surface area contributed by atoms with E-state index in [-0.39, 0.29) is 87.1 Å². The van der Waals surface area contributed by atoms with E-state index in [9.17, 15) is 97.2 Å². The predicted octanol–water partition coefficient (Wildman–Crippen LogP) is 7.36. The second-order valence-electron chi connectivity index (χ2n) is 48.0. The quantitative estimate of drug-likeness (QED) is 0.0267. The molecule has 9 saturated carbocycles. The van der Waals surface area contributed by atoms with Crippen LogP contribution in [0.4, 0.5) is 14.4 Å². The van der Waals surface area contributed by atoms with Gasteiger partial charge in [0.25, 0.3) is 17.7 Å². The Hall–Kier alpha value is -8.10. The number of nitrogens with zero attached hydrogens (tertiary/aromatic N) is 3. The van der Waals surface area contributed by atoms with E-state index >= 15 is 0 Å². The first-order valence-corrected chi connectivity index (χ1v) is 57.2. The number of nitrogens with one attached hydrogen (secondary N) is 12. The van der Waals surface area contributed by atoms with E-state index in [4.69, 9.17) is 0 Å². The van der Waals surface area contributed by atoms with Gasteiger partial charge in [-0.25, -0.2) is 39.6 Å². The first-order chi connectivity index (χ1) is 63.9. The number of carbonyl (C=O) groups excluding carboxylic acids is 15. The molecule has 3 heterocycles. The fourth-order valence-electron chi connectivity index (χ4n) is 22.9. The maximum Gasteiger partial charge on any atom is 0.315 e. The van der Waals surface area contributed by atoms with Crippen LogP contribution in [0.1, 0.15) is 317 Å². The second-order valence-corrected chi connectivity index (χ2v) is 54.5. The summed E-state index contributed by atoms with van der Waals surface area (Å²) >= 11 is 0. The van der Waals surface area contributed by atoms with Crippen molar-refractivity contribution in [3.63, 3.8) is 0 Å². The topological polar surface area (TPSA) is 513 Å². The van der Waals surface area contributed by atoms with Crippen molar-refractivity contribution in [3.05, 3.63) is 0 Å². The molecule has 39 heteroatoms. The smallest absolute Gasteiger partial charge is 0.315 e. The van der Waals surface area contributed by atoms with Crippen molar-refractivity contribution in [1.29, 1.82) is 0 Å². The molecule has 0 aromatic carbocycles. The van der Waals surface area contributed by atoms with Crippen LogP contribution in [-0.4, -0.2) is 273 Å². The third-order valence-corrected chi connectivity index (χ3v) is 34.7. The average Bonchev–Trinajstić information content (AvgIpc) is 1.53. The summed E-state index contributed by atoms with van der Waals surface area (Å²) in [6, 6.07) is -10.4. The molecule has 0 radical (unpaired) electrons. The molecule has 0 aromatic heterocycles. The fourth-order valence-corrected chi connectivity index (χ4v) is 27.0. The summed E-state index contributed by atoms with van der Waals surface area (Å²) in [5.41, 5.74) is -5.51. The molecule has 0 bridgehead atoms. The Labute approximate surface area is 819 Å². The Morgan fingerprint density at radius 2 is 0.536 bits per heavy atom. The molecular formula is C99H165N15O21S3. The summed E-state index contributed by atoms with van der Waals surface area (Å²) in [5.74, 6) is -7.42. The maximum atomic E-state index is 14.3. The van der Waals surface area contributed by atoms with Gasteiger partial charge in [-0.3, -0.25) is 57.5 Å². The molecule has 3 saturated heterocycles. The van der Waals surface area contributed by atoms with Crippen molar-refractivity contribution in [2.75, 3.05) is 55.7 Å². The van der Waals surface area contributed by atoms with Crippen LogP contribution in [0, 0.1) is 68.0 Å². The summed E-state index contributed by atoms with van der Waals surface area (Å²) in [7, 11) is -10.2. The number of unbranched alkanes of at least 4 members (excludes halogenated alkanes) is 3. The number of rotatable bonds is 39. The Morgan fingerprint density at radius 3 is 0.717 bits per heavy atom. The maximum absolute atomic E-state index is 14.3. The number of urea groups is 3. The highest BCUT2D eigenvalue weighted by atomic mass is 32.2. The van der Waals surface area contributed by atoms with E-state index in [2.05, 4.69) is 105 Å². The monoisotopic (exact) mass is 2000 g/mol. The van der Waals surface area contributed by atoms with E-state index < -0.39 is 205 Å². The van der Waals surface area contributed by atoms with Gasteiger partial charge in [-0.1, -0.05) is 221 Å². The molecule has 0 aromatic rings. The number of hydrogen-bond acceptors (Lipinski definition) is 21. The zero-order valence-electron chi connectivity index (χ0n) is 86.0. The van der Waals surface area contributed by atoms with E-state index in [1.807, 2.05) is 83.1 Å². The number of piperidine rings is 3. The van der Waals surface area contributed by atoms with Crippen molar-refractivity contribution in [2.24, 2.45) is 68.0 Å². The van der Waals surface area contributed by atoms with Crippen LogP contribution in [0.2, 0.25) is 0 Å². The van der Waals surface area contributed by atoms with Gasteiger partial charge in [0.2, 0.25) is 52.8 Å². The average molecular weight is 2000 g/mol. The number of ketones is 3. The van der Waals surface area contributed by atoms with Gasteiger partial charge >= 0.3 is 18.1 Å². The molecule has 12 rings (SSSR count). The highest BCUT2D eigenvalue weighted by Crippen LogP contribution is 2.67. The zero-order valence-corrected chi connectivity index (χ0v) is 88.4. The van der Waals surface area contributed by atoms with Crippen molar-refractivity contribution in [1.82, 2.24) is 78.5 Å². The van der Waals surface area contributed by atoms with Crippen LogP contribution in [0.15, 0.2) is 0 Å². The van der Waals surface area contributed by atoms with Crippen LogP contribution in [0.25, 0.3) is 0 Å². The third kappa shape index (κ3) is 28.7. The lowest BCUT2D eigenvalue weighted by atomic mass is 9.83. The van der Waals surface area contributed by atoms with Gasteiger partial charge < -0.3 is 78.5 Å². The third-order valence-electron chi connectivity index (χ3n) is 31.5. The summed E-state index contributed by atoms with van der Waals surface area (Å²) < 4.78 is 73.7. The van der Waals surface area contributed by atoms with Crippen molar-refractivity contribution >= 4 is 118 Å². The van der Waals surface area contributed by atoms with Crippen LogP contribution < -0.4 is 63.8 Å². The lowest BCUT2D eigenvalue weighted by Gasteiger charge is -2.40. The number of carbonyl (C=O) groups is 15. The first-order valence-electron chi connectivity index (χ1n) is 51.0. The lowest BCUT2D eigenvalue weighted by molar-refractivity contribution is -0.145. The molecule has 9 aliphatic carbocycles. The van der Waals surface area contributed by atoms with E-state index in [1.54, 1.807) is 0 Å². The molecule has 15 amide bonds. The zero-order chi connectivity index (χ0) is 103. The Morgan fingerprint density at radius 1 is 0.326 bits per heavy atom. The summed E-state index contributed by atoms with van der Waals surface area (Å²) in [6.07, 6.45) is 24.6. The molecule has 7 unspecified atom stereocenters. The minimum absolute atomic E-state index is 0.00772. The largest absolute Gasteiger partial charge is 0.347 e. The Bertz CT molecular complexity index is 4420. The molecule has 12 aliphatic rings. The lowest BCUT2D eigenvalue weighted by Crippen LogP contribution is -2.63. The number of amides is 15. The van der Waals surface area contributed by atoms with Gasteiger partial charge in [-0.05, 0) is 164 Å². The van der Waals surface area contributed by atoms with Gasteiger partial charge in [0.15, 0.2) is 0 Å². The Balaban J connectivity index is 0.000000214. The first kappa shape index (κ1) is 112. The standard InChI is InChI=1S/3C33H55N5O7S/c3*1-8-9-13-22(25(39)28(41)34-20-14-15-20)35-27(40)24-23-21(32(23,5)6)18-38(24)29(42)26(31(2,3)4)36-30(43)37-33(19-46(7,44)45)16-11-10-12-17-33/h3*20-24,26H,8-19H2,1-7H3,(H,34,41)(H,35,40)(H2,36,37,43)/t21?,22?,23?,24-,26+;21?,22-,23?,24+,26-;21?,22-,23?,24-,26+/m010/s1. The molecule has 15 atom stereocenters. The number of likely N-dealkylation sites (tertiary alicyclic amines) is 3. The normalized spacial score (nSPS) is 26.2. The van der Waals surface area contributed by atoms with Crippen molar-refractivity contribution in [2.45, 2.75) is 406 Å². The summed E-state index contributed by atoms with van der Waals surface area (Å²) in [4.78, 5) is 207. The van der Waals surface area contributed by atoms with Gasteiger partial charge in [-0.15, -0.1) is 0 Å². The number of Topliss-reactive ketones (excluding diaryl/α,β-unsaturated/α-hetero) is 3. The predicted molar refractivity (Wildman–Crippen MR) is 523 cm³/mol. The van der Waals surface area contributed by atoms with Gasteiger partial charge in [0.05, 0.1) is 52.0 Å².